The van der Waals surface area contributed by atoms with Gasteiger partial charge in [-0.2, -0.15) is 0 Å². The van der Waals surface area contributed by atoms with Crippen LogP contribution in [0.3, 0.4) is 0 Å². The largest absolute Gasteiger partial charge is 0.395 e. The first-order valence-corrected chi connectivity index (χ1v) is 13.9. The van der Waals surface area contributed by atoms with Crippen molar-refractivity contribution in [2.75, 3.05) is 39.6 Å². The molecule has 0 radical (unpaired) electrons. The van der Waals surface area contributed by atoms with Crippen LogP contribution in [0.4, 0.5) is 0 Å². The zero-order chi connectivity index (χ0) is 31.5. The fourth-order valence-corrected chi connectivity index (χ4v) is 4.34. The molecule has 4 rings (SSSR count). The van der Waals surface area contributed by atoms with E-state index in [1.54, 1.807) is 0 Å². The molecule has 0 amide bonds. The van der Waals surface area contributed by atoms with Crippen LogP contribution in [0.1, 0.15) is 40.0 Å². The van der Waals surface area contributed by atoms with Crippen molar-refractivity contribution in [3.8, 4) is 11.1 Å². The van der Waals surface area contributed by atoms with Crippen LogP contribution in [-0.2, 0) is 4.79 Å². The second kappa shape index (κ2) is 20.6. The van der Waals surface area contributed by atoms with Gasteiger partial charge in [0.15, 0.2) is 0 Å². The molecule has 0 aromatic heterocycles. The zero-order valence-electron chi connectivity index (χ0n) is 24.8. The van der Waals surface area contributed by atoms with Gasteiger partial charge in [-0.3, -0.25) is 4.79 Å². The average molecular weight is 580 g/mol. The summed E-state index contributed by atoms with van der Waals surface area (Å²) >= 11 is 0. The summed E-state index contributed by atoms with van der Waals surface area (Å²) in [5, 5.41) is 48.3. The molecule has 2 aromatic carbocycles. The van der Waals surface area contributed by atoms with Crippen LogP contribution < -0.4 is 17.2 Å². The number of fused-ring (bicyclic) bond motifs is 2. The van der Waals surface area contributed by atoms with Gasteiger partial charge in [0, 0.05) is 11.8 Å². The summed E-state index contributed by atoms with van der Waals surface area (Å²) in [7, 11) is 0. The lowest BCUT2D eigenvalue weighted by Crippen LogP contribution is -2.32. The van der Waals surface area contributed by atoms with E-state index in [1.165, 1.54) is 17.5 Å². The molecule has 2 aliphatic carbocycles. The number of hydrogen-bond donors (Lipinski definition) is 9. The molecule has 0 saturated heterocycles. The van der Waals surface area contributed by atoms with Crippen molar-refractivity contribution in [3.63, 3.8) is 0 Å². The number of ketones is 1. The summed E-state index contributed by atoms with van der Waals surface area (Å²) in [6, 6.07) is 19.4. The number of aliphatic hydroxyl groups is 6. The van der Waals surface area contributed by atoms with Gasteiger partial charge in [-0.05, 0) is 35.3 Å². The van der Waals surface area contributed by atoms with Crippen LogP contribution in [0.15, 0.2) is 60.7 Å². The smallest absolute Gasteiger partial charge is 0.139 e. The molecule has 12 N–H and O–H groups in total. The van der Waals surface area contributed by atoms with Crippen LogP contribution in [0.25, 0.3) is 11.1 Å². The molecule has 2 saturated carbocycles. The zero-order valence-corrected chi connectivity index (χ0v) is 24.8. The maximum absolute atomic E-state index is 11.6. The third-order valence-corrected chi connectivity index (χ3v) is 7.77. The van der Waals surface area contributed by atoms with Crippen LogP contribution in [-0.4, -0.2) is 94.2 Å². The van der Waals surface area contributed by atoms with Gasteiger partial charge in [-0.25, -0.2) is 0 Å². The Morgan fingerprint density at radius 3 is 1.12 bits per heavy atom. The lowest BCUT2D eigenvalue weighted by molar-refractivity contribution is -0.128. The molecule has 2 aliphatic rings. The topological polar surface area (TPSA) is 217 Å². The molecule has 234 valence electrons. The molecule has 2 fully saturated rings. The molecule has 0 aliphatic heterocycles. The minimum absolute atomic E-state index is 0.0255. The Bertz CT molecular complexity index is 861. The lowest BCUT2D eigenvalue weighted by atomic mass is 9.70. The summed E-state index contributed by atoms with van der Waals surface area (Å²) in [5.74, 6) is 1.19. The standard InChI is InChI=1S/C12H10.C10H16O.3C3H9NO2/c1-3-7-11(8-4-1)12-9-5-2-6-10-12;1-9(2)7-4-5-10(9,3)8(11)6-7;3*4-3(1-5)2-6/h1-10H;7H,4-6H2,1-3H3;3*3,5-6H,1-2,4H2. The maximum Gasteiger partial charge on any atom is 0.139 e. The Hall–Kier alpha value is -2.25. The monoisotopic (exact) mass is 579 g/mol. The van der Waals surface area contributed by atoms with E-state index in [1.807, 2.05) is 12.1 Å². The van der Waals surface area contributed by atoms with Gasteiger partial charge in [0.1, 0.15) is 5.78 Å². The molecule has 0 heterocycles. The Morgan fingerprint density at radius 2 is 0.976 bits per heavy atom. The normalized spacial score (nSPS) is 19.8. The van der Waals surface area contributed by atoms with Crippen molar-refractivity contribution in [1.82, 2.24) is 0 Å². The van der Waals surface area contributed by atoms with E-state index in [-0.39, 0.29) is 50.5 Å². The number of hydrogen-bond acceptors (Lipinski definition) is 10. The molecule has 10 heteroatoms. The first kappa shape index (κ1) is 38.8. The second-order valence-corrected chi connectivity index (χ2v) is 11.0. The van der Waals surface area contributed by atoms with E-state index in [2.05, 4.69) is 69.3 Å². The van der Waals surface area contributed by atoms with Gasteiger partial charge in [0.25, 0.3) is 0 Å². The average Bonchev–Trinajstić information content (AvgIpc) is 3.35. The summed E-state index contributed by atoms with van der Waals surface area (Å²) < 4.78 is 0. The van der Waals surface area contributed by atoms with Crippen LogP contribution in [0.5, 0.6) is 0 Å². The van der Waals surface area contributed by atoms with E-state index in [9.17, 15) is 4.79 Å². The fraction of sp³-hybridized carbons (Fsp3) is 0.581. The van der Waals surface area contributed by atoms with E-state index in [0.717, 1.165) is 12.8 Å². The highest BCUT2D eigenvalue weighted by Crippen LogP contribution is 2.63. The second-order valence-electron chi connectivity index (χ2n) is 11.0. The van der Waals surface area contributed by atoms with Crippen LogP contribution in [0.2, 0.25) is 0 Å². The van der Waals surface area contributed by atoms with Gasteiger partial charge < -0.3 is 47.8 Å². The minimum atomic E-state index is -0.454. The summed E-state index contributed by atoms with van der Waals surface area (Å²) in [5.41, 5.74) is 17.8. The third kappa shape index (κ3) is 13.1. The number of nitrogens with two attached hydrogens (primary N) is 3. The highest BCUT2D eigenvalue weighted by atomic mass is 16.3. The van der Waals surface area contributed by atoms with E-state index >= 15 is 0 Å². The molecule has 0 spiro atoms. The predicted molar refractivity (Wildman–Crippen MR) is 163 cm³/mol. The van der Waals surface area contributed by atoms with Crippen molar-refractivity contribution in [2.45, 2.75) is 58.2 Å². The highest BCUT2D eigenvalue weighted by Gasteiger charge is 2.61. The molecular weight excluding hydrogens is 526 g/mol. The molecule has 2 atom stereocenters. The SMILES string of the molecule is CC12CCC(CC1=O)C2(C)C.NC(CO)CO.NC(CO)CO.NC(CO)CO.c1ccc(-c2ccccc2)cc1. The molecule has 41 heavy (non-hydrogen) atoms. The Labute approximate surface area is 244 Å². The van der Waals surface area contributed by atoms with Gasteiger partial charge in [0.2, 0.25) is 0 Å². The molecular formula is C31H53N3O7. The van der Waals surface area contributed by atoms with E-state index in [4.69, 9.17) is 47.8 Å². The van der Waals surface area contributed by atoms with Crippen molar-refractivity contribution in [3.05, 3.63) is 60.7 Å². The van der Waals surface area contributed by atoms with Gasteiger partial charge in [-0.15, -0.1) is 0 Å². The number of carbonyl (C=O) groups excluding carboxylic acids is 1. The third-order valence-electron chi connectivity index (χ3n) is 7.77. The van der Waals surface area contributed by atoms with Crippen molar-refractivity contribution in [2.24, 2.45) is 33.9 Å². The summed E-state index contributed by atoms with van der Waals surface area (Å²) in [6.45, 7) is 5.82. The van der Waals surface area contributed by atoms with Gasteiger partial charge in [-0.1, -0.05) is 81.4 Å². The first-order valence-electron chi connectivity index (χ1n) is 13.9. The van der Waals surface area contributed by atoms with Crippen LogP contribution >= 0.6 is 0 Å². The van der Waals surface area contributed by atoms with Crippen LogP contribution in [0, 0.1) is 16.7 Å². The fourth-order valence-electron chi connectivity index (χ4n) is 4.34. The molecule has 10 nitrogen and oxygen atoms in total. The Balaban J connectivity index is 0.000000511. The van der Waals surface area contributed by atoms with E-state index in [0.29, 0.717) is 11.7 Å². The lowest BCUT2D eigenvalue weighted by Gasteiger charge is -2.32. The molecule has 2 unspecified atom stereocenters. The Morgan fingerprint density at radius 1 is 0.659 bits per heavy atom. The van der Waals surface area contributed by atoms with Crippen molar-refractivity contribution >= 4 is 5.78 Å². The summed E-state index contributed by atoms with van der Waals surface area (Å²) in [4.78, 5) is 11.6. The van der Waals surface area contributed by atoms with Gasteiger partial charge in [0.05, 0.1) is 57.8 Å². The van der Waals surface area contributed by atoms with E-state index < -0.39 is 18.1 Å². The number of aliphatic hydroxyl groups excluding tert-OH is 6. The van der Waals surface area contributed by atoms with Crippen molar-refractivity contribution in [1.29, 1.82) is 0 Å². The highest BCUT2D eigenvalue weighted by molar-refractivity contribution is 5.89. The molecule has 2 aromatic rings. The number of Topliss-reactive ketones (excluding diaryl/α,β-unsaturated/α-hetero) is 1. The number of rotatable bonds is 7. The maximum atomic E-state index is 11.6. The predicted octanol–water partition coefficient (Wildman–Crippen LogP) is 0.650. The van der Waals surface area contributed by atoms with Crippen molar-refractivity contribution < 1.29 is 35.4 Å². The van der Waals surface area contributed by atoms with Gasteiger partial charge >= 0.3 is 0 Å². The minimum Gasteiger partial charge on any atom is -0.395 e. The number of carbonyl (C=O) groups is 1. The first-order chi connectivity index (χ1) is 19.4. The quantitative estimate of drug-likeness (QED) is 0.223. The molecule has 2 bridgehead atoms. The Kier molecular flexibility index (Phi) is 19.5. The number of benzene rings is 2. The summed E-state index contributed by atoms with van der Waals surface area (Å²) in [6.07, 6.45) is 3.25.